The third-order valence-corrected chi connectivity index (χ3v) is 9.36. The van der Waals surface area contributed by atoms with Crippen molar-refractivity contribution in [3.8, 4) is 23.1 Å². The van der Waals surface area contributed by atoms with Gasteiger partial charge in [0.05, 0.1) is 18.3 Å². The lowest BCUT2D eigenvalue weighted by atomic mass is 9.78. The van der Waals surface area contributed by atoms with Crippen LogP contribution in [0.15, 0.2) is 36.5 Å². The van der Waals surface area contributed by atoms with Crippen LogP contribution >= 0.6 is 0 Å². The Hall–Kier alpha value is -4.20. The second-order valence-corrected chi connectivity index (χ2v) is 12.4. The van der Waals surface area contributed by atoms with Crippen LogP contribution in [0.25, 0.3) is 32.9 Å². The average Bonchev–Trinajstić information content (AvgIpc) is 3.77. The molecule has 4 aromatic rings. The summed E-state index contributed by atoms with van der Waals surface area (Å²) in [4.78, 5) is 24.7. The summed E-state index contributed by atoms with van der Waals surface area (Å²) in [6.45, 7) is 6.79. The van der Waals surface area contributed by atoms with Crippen molar-refractivity contribution in [2.24, 2.45) is 5.92 Å². The Balaban J connectivity index is 1.61. The Morgan fingerprint density at radius 2 is 2.13 bits per heavy atom. The van der Waals surface area contributed by atoms with Crippen LogP contribution in [-0.4, -0.2) is 79.6 Å². The summed E-state index contributed by atoms with van der Waals surface area (Å²) >= 11 is 0. The minimum atomic E-state index is -0.463. The van der Waals surface area contributed by atoms with E-state index >= 15 is 4.39 Å². The number of carbonyl (C=O) groups is 1. The maximum atomic E-state index is 17.3. The molecule has 2 aromatic carbocycles. The number of aromatic amines is 1. The lowest BCUT2D eigenvalue weighted by Crippen LogP contribution is -2.55. The van der Waals surface area contributed by atoms with E-state index in [-0.39, 0.29) is 36.7 Å². The van der Waals surface area contributed by atoms with Gasteiger partial charge in [0.15, 0.2) is 5.82 Å². The van der Waals surface area contributed by atoms with Gasteiger partial charge in [-0.05, 0) is 63.4 Å². The minimum absolute atomic E-state index is 0.0905. The number of H-pyrrole nitrogens is 1. The maximum Gasteiger partial charge on any atom is 0.240 e. The number of hydrogen-bond donors (Lipinski definition) is 3. The first-order chi connectivity index (χ1) is 21.9. The average molecular weight is 612 g/mol. The number of pyridine rings is 1. The molecule has 2 aliphatic heterocycles. The number of carbonyl (C=O) groups excluding carboxylic acids is 1. The van der Waals surface area contributed by atoms with Crippen LogP contribution in [-0.2, 0) is 11.2 Å². The van der Waals surface area contributed by atoms with Gasteiger partial charge < -0.3 is 34.9 Å². The Bertz CT molecular complexity index is 1730. The molecule has 2 saturated heterocycles. The van der Waals surface area contributed by atoms with E-state index in [9.17, 15) is 10.1 Å². The first kappa shape index (κ1) is 30.8. The second kappa shape index (κ2) is 13.0. The van der Waals surface area contributed by atoms with E-state index in [0.29, 0.717) is 47.1 Å². The van der Waals surface area contributed by atoms with Crippen LogP contribution in [0.1, 0.15) is 38.7 Å². The molecule has 4 heterocycles. The van der Waals surface area contributed by atoms with Gasteiger partial charge in [-0.1, -0.05) is 25.1 Å². The molecule has 2 aromatic heterocycles. The van der Waals surface area contributed by atoms with Crippen molar-refractivity contribution < 1.29 is 13.9 Å². The predicted molar refractivity (Wildman–Crippen MR) is 177 cm³/mol. The fraction of sp³-hybridized carbons (Fsp3) is 0.457. The molecule has 236 valence electrons. The van der Waals surface area contributed by atoms with E-state index in [1.165, 1.54) is 0 Å². The van der Waals surface area contributed by atoms with Gasteiger partial charge in [0.25, 0.3) is 0 Å². The molecular formula is C35H42FN7O2. The maximum absolute atomic E-state index is 17.3. The number of anilines is 2. The Labute approximate surface area is 263 Å². The molecule has 0 amide bonds. The fourth-order valence-electron chi connectivity index (χ4n) is 7.44. The van der Waals surface area contributed by atoms with Gasteiger partial charge in [0, 0.05) is 72.3 Å². The molecule has 10 heteroatoms. The monoisotopic (exact) mass is 611 g/mol. The molecular weight excluding hydrogens is 569 g/mol. The largest absolute Gasteiger partial charge is 0.472 e. The van der Waals surface area contributed by atoms with Gasteiger partial charge in [-0.25, -0.2) is 9.37 Å². The molecule has 0 spiro atoms. The summed E-state index contributed by atoms with van der Waals surface area (Å²) in [5.74, 6) is 0.235. The summed E-state index contributed by atoms with van der Waals surface area (Å²) in [6.07, 6.45) is 5.20. The molecule has 4 atom stereocenters. The smallest absolute Gasteiger partial charge is 0.240 e. The van der Waals surface area contributed by atoms with E-state index < -0.39 is 5.82 Å². The normalized spacial score (nSPS) is 19.4. The van der Waals surface area contributed by atoms with Crippen molar-refractivity contribution in [1.29, 1.82) is 5.26 Å². The molecule has 7 rings (SSSR count). The van der Waals surface area contributed by atoms with Crippen molar-refractivity contribution in [1.82, 2.24) is 20.2 Å². The summed E-state index contributed by atoms with van der Waals surface area (Å²) in [7, 11) is 3.87. The number of fused-ring (bicyclic) bond motifs is 3. The third kappa shape index (κ3) is 5.60. The van der Waals surface area contributed by atoms with Gasteiger partial charge in [-0.15, -0.1) is 0 Å². The highest BCUT2D eigenvalue weighted by Gasteiger charge is 2.50. The topological polar surface area (TPSA) is 109 Å². The van der Waals surface area contributed by atoms with E-state index in [1.54, 1.807) is 0 Å². The Morgan fingerprint density at radius 3 is 2.82 bits per heavy atom. The highest BCUT2D eigenvalue weighted by molar-refractivity contribution is 6.06. The predicted octanol–water partition coefficient (Wildman–Crippen LogP) is 5.49. The van der Waals surface area contributed by atoms with Crippen LogP contribution < -0.4 is 20.3 Å². The molecule has 1 aliphatic carbocycles. The zero-order chi connectivity index (χ0) is 31.7. The number of nitrogens with one attached hydrogen (secondary N) is 3. The lowest BCUT2D eigenvalue weighted by Gasteiger charge is -2.45. The van der Waals surface area contributed by atoms with Crippen LogP contribution in [0, 0.1) is 23.1 Å². The van der Waals surface area contributed by atoms with Gasteiger partial charge in [-0.3, -0.25) is 0 Å². The summed E-state index contributed by atoms with van der Waals surface area (Å²) in [6, 6.07) is 12.4. The molecule has 3 fully saturated rings. The van der Waals surface area contributed by atoms with E-state index in [1.807, 2.05) is 50.5 Å². The highest BCUT2D eigenvalue weighted by Crippen LogP contribution is 2.48. The van der Waals surface area contributed by atoms with Crippen LogP contribution in [0.2, 0.25) is 0 Å². The number of nitrogens with zero attached hydrogens (tertiary/aromatic N) is 4. The number of aromatic nitrogens is 2. The molecule has 9 nitrogen and oxygen atoms in total. The Morgan fingerprint density at radius 1 is 1.31 bits per heavy atom. The van der Waals surface area contributed by atoms with E-state index in [0.717, 1.165) is 54.2 Å². The standard InChI is InChI=1S/C35H42FN7O2/c1-5-13-42(4)20-21(2)45-35-32(38-3)34(43(14-15-44)33-23-17-28(33)39-18-23)25-16-22(9-8-12-37)29(30(36)31(25)41-35)26-19-40-27-11-7-6-10-24(26)27/h6-7,10-11,15-16,19,21,23,28,33,38-40H,5,8-9,13-14,17-18,20H2,1-4H3. The number of benzene rings is 2. The lowest BCUT2D eigenvalue weighted by molar-refractivity contribution is -0.106. The quantitative estimate of drug-likeness (QED) is 0.161. The molecule has 2 bridgehead atoms. The summed E-state index contributed by atoms with van der Waals surface area (Å²) in [5.41, 5.74) is 4.30. The zero-order valence-electron chi connectivity index (χ0n) is 26.5. The first-order valence-corrected chi connectivity index (χ1v) is 16.0. The van der Waals surface area contributed by atoms with Crippen molar-refractivity contribution in [3.63, 3.8) is 0 Å². The van der Waals surface area contributed by atoms with Crippen molar-refractivity contribution in [2.75, 3.05) is 50.5 Å². The van der Waals surface area contributed by atoms with Gasteiger partial charge >= 0.3 is 0 Å². The van der Waals surface area contributed by atoms with Gasteiger partial charge in [0.1, 0.15) is 23.6 Å². The summed E-state index contributed by atoms with van der Waals surface area (Å²) < 4.78 is 23.8. The fourth-order valence-corrected chi connectivity index (χ4v) is 7.44. The van der Waals surface area contributed by atoms with E-state index in [4.69, 9.17) is 9.72 Å². The molecule has 3 aliphatic rings. The number of nitriles is 1. The molecule has 45 heavy (non-hydrogen) atoms. The highest BCUT2D eigenvalue weighted by atomic mass is 19.1. The van der Waals surface area contributed by atoms with Crippen LogP contribution in [0.4, 0.5) is 15.8 Å². The van der Waals surface area contributed by atoms with Crippen molar-refractivity contribution in [3.05, 3.63) is 47.9 Å². The number of aryl methyl sites for hydroxylation is 1. The molecule has 1 saturated carbocycles. The molecule has 3 N–H and O–H groups in total. The van der Waals surface area contributed by atoms with E-state index in [2.05, 4.69) is 45.5 Å². The molecule has 4 unspecified atom stereocenters. The number of aldehydes is 1. The number of rotatable bonds is 14. The SMILES string of the molecule is CCCN(C)CC(C)Oc1nc2c(F)c(-c3c[nH]c4ccccc34)c(CCC#N)cc2c(N(CC=O)C2C3CNC2C3)c1NC. The number of likely N-dealkylation sites (N-methyl/N-ethyl adjacent to an activating group) is 1. The second-order valence-electron chi connectivity index (χ2n) is 12.4. The van der Waals surface area contributed by atoms with Crippen molar-refractivity contribution >= 4 is 39.5 Å². The summed E-state index contributed by atoms with van der Waals surface area (Å²) in [5, 5.41) is 17.9. The zero-order valence-corrected chi connectivity index (χ0v) is 26.5. The number of halogens is 1. The van der Waals surface area contributed by atoms with Gasteiger partial charge in [0.2, 0.25) is 5.88 Å². The number of ether oxygens (including phenoxy) is 1. The molecule has 0 radical (unpaired) electrons. The van der Waals surface area contributed by atoms with Gasteiger partial charge in [-0.2, -0.15) is 5.26 Å². The van der Waals surface area contributed by atoms with Crippen LogP contribution in [0.5, 0.6) is 5.88 Å². The van der Waals surface area contributed by atoms with Crippen LogP contribution in [0.3, 0.4) is 0 Å². The number of hydrogen-bond acceptors (Lipinski definition) is 8. The number of para-hydroxylation sites is 1. The first-order valence-electron chi connectivity index (χ1n) is 16.0. The third-order valence-electron chi connectivity index (χ3n) is 9.36. The van der Waals surface area contributed by atoms with Crippen molar-refractivity contribution in [2.45, 2.75) is 57.7 Å². The minimum Gasteiger partial charge on any atom is -0.472 e. The Kier molecular flexibility index (Phi) is 8.92.